The molecule has 0 amide bonds. The van der Waals surface area contributed by atoms with E-state index in [1.54, 1.807) is 11.9 Å². The van der Waals surface area contributed by atoms with Gasteiger partial charge in [0, 0.05) is 16.5 Å². The minimum Gasteiger partial charge on any atom is -0.485 e. The molecule has 0 N–H and O–H groups in total. The number of hydrogen-bond donors (Lipinski definition) is 0. The standard InChI is InChI=1S/C16H18N2O2S/c1-10-15-12-6-5-11(8-17-21-16(2,3)4)7-13(12)19-9-14(15)20-18-10/h5-8H,9H2,1-4H3/b17-8+. The highest BCUT2D eigenvalue weighted by atomic mass is 32.2. The molecule has 0 bridgehead atoms. The van der Waals surface area contributed by atoms with Crippen molar-refractivity contribution in [1.82, 2.24) is 5.16 Å². The Bertz CT molecular complexity index is 699. The normalized spacial score (nSPS) is 13.9. The third-order valence-electron chi connectivity index (χ3n) is 3.10. The summed E-state index contributed by atoms with van der Waals surface area (Å²) in [5.41, 5.74) is 4.03. The summed E-state index contributed by atoms with van der Waals surface area (Å²) in [5.74, 6) is 1.66. The Hall–Kier alpha value is -1.75. The van der Waals surface area contributed by atoms with E-state index in [0.717, 1.165) is 33.9 Å². The van der Waals surface area contributed by atoms with Crippen LogP contribution in [-0.4, -0.2) is 16.1 Å². The number of aryl methyl sites for hydroxylation is 1. The molecule has 110 valence electrons. The summed E-state index contributed by atoms with van der Waals surface area (Å²) in [4.78, 5) is 0. The van der Waals surface area contributed by atoms with Crippen molar-refractivity contribution in [2.45, 2.75) is 39.0 Å². The van der Waals surface area contributed by atoms with E-state index in [2.05, 4.69) is 30.3 Å². The highest BCUT2D eigenvalue weighted by molar-refractivity contribution is 7.99. The Morgan fingerprint density at radius 1 is 1.33 bits per heavy atom. The molecule has 0 fully saturated rings. The number of ether oxygens (including phenoxy) is 1. The third-order valence-corrected chi connectivity index (χ3v) is 3.85. The number of aromatic nitrogens is 1. The molecule has 0 unspecified atom stereocenters. The van der Waals surface area contributed by atoms with Crippen LogP contribution in [0, 0.1) is 6.92 Å². The highest BCUT2D eigenvalue weighted by Gasteiger charge is 2.23. The molecule has 0 saturated heterocycles. The Balaban J connectivity index is 1.89. The summed E-state index contributed by atoms with van der Waals surface area (Å²) < 4.78 is 15.6. The first kappa shape index (κ1) is 14.2. The van der Waals surface area contributed by atoms with Crippen LogP contribution in [0.4, 0.5) is 0 Å². The Morgan fingerprint density at radius 3 is 2.90 bits per heavy atom. The summed E-state index contributed by atoms with van der Waals surface area (Å²) in [6, 6.07) is 6.09. The number of fused-ring (bicyclic) bond motifs is 3. The van der Waals surface area contributed by atoms with Gasteiger partial charge in [-0.3, -0.25) is 0 Å². The lowest BCUT2D eigenvalue weighted by Gasteiger charge is -2.17. The predicted octanol–water partition coefficient (Wildman–Crippen LogP) is 4.41. The van der Waals surface area contributed by atoms with Crippen molar-refractivity contribution < 1.29 is 9.26 Å². The van der Waals surface area contributed by atoms with Gasteiger partial charge in [-0.15, -0.1) is 0 Å². The lowest BCUT2D eigenvalue weighted by atomic mass is 9.99. The van der Waals surface area contributed by atoms with Crippen LogP contribution in [0.15, 0.2) is 27.1 Å². The molecule has 1 aromatic carbocycles. The smallest absolute Gasteiger partial charge is 0.182 e. The largest absolute Gasteiger partial charge is 0.485 e. The maximum atomic E-state index is 5.75. The van der Waals surface area contributed by atoms with Crippen LogP contribution in [0.25, 0.3) is 11.1 Å². The van der Waals surface area contributed by atoms with Crippen molar-refractivity contribution in [2.75, 3.05) is 0 Å². The molecular formula is C16H18N2O2S. The van der Waals surface area contributed by atoms with Gasteiger partial charge in [-0.1, -0.05) is 11.2 Å². The zero-order valence-electron chi connectivity index (χ0n) is 12.6. The van der Waals surface area contributed by atoms with Gasteiger partial charge < -0.3 is 9.26 Å². The van der Waals surface area contributed by atoms with Gasteiger partial charge in [0.1, 0.15) is 12.4 Å². The van der Waals surface area contributed by atoms with E-state index in [-0.39, 0.29) is 4.75 Å². The lowest BCUT2D eigenvalue weighted by molar-refractivity contribution is 0.245. The van der Waals surface area contributed by atoms with Gasteiger partial charge in [0.05, 0.1) is 11.3 Å². The molecule has 1 aliphatic heterocycles. The van der Waals surface area contributed by atoms with Crippen LogP contribution in [0.1, 0.15) is 37.8 Å². The van der Waals surface area contributed by atoms with Gasteiger partial charge in [-0.05, 0) is 57.3 Å². The van der Waals surface area contributed by atoms with Gasteiger partial charge in [-0.25, -0.2) is 4.40 Å². The van der Waals surface area contributed by atoms with E-state index >= 15 is 0 Å². The number of rotatable bonds is 2. The lowest BCUT2D eigenvalue weighted by Crippen LogP contribution is -2.05. The van der Waals surface area contributed by atoms with Gasteiger partial charge >= 0.3 is 0 Å². The van der Waals surface area contributed by atoms with Crippen LogP contribution in [-0.2, 0) is 6.61 Å². The molecular weight excluding hydrogens is 284 g/mol. The maximum absolute atomic E-state index is 5.75. The molecule has 4 nitrogen and oxygen atoms in total. The van der Waals surface area contributed by atoms with E-state index in [0.29, 0.717) is 6.61 Å². The van der Waals surface area contributed by atoms with Crippen LogP contribution >= 0.6 is 11.9 Å². The summed E-state index contributed by atoms with van der Waals surface area (Å²) >= 11 is 1.56. The van der Waals surface area contributed by atoms with Crippen molar-refractivity contribution in [2.24, 2.45) is 4.40 Å². The molecule has 1 aliphatic rings. The number of hydrogen-bond acceptors (Lipinski definition) is 5. The highest BCUT2D eigenvalue weighted by Crippen LogP contribution is 2.39. The van der Waals surface area contributed by atoms with Crippen LogP contribution < -0.4 is 4.74 Å². The van der Waals surface area contributed by atoms with Crippen molar-refractivity contribution in [3.63, 3.8) is 0 Å². The Kier molecular flexibility index (Phi) is 3.53. The quantitative estimate of drug-likeness (QED) is 0.609. The number of benzene rings is 1. The molecule has 2 aromatic rings. The fourth-order valence-electron chi connectivity index (χ4n) is 2.19. The Morgan fingerprint density at radius 2 is 2.14 bits per heavy atom. The third kappa shape index (κ3) is 2.97. The zero-order chi connectivity index (χ0) is 15.0. The maximum Gasteiger partial charge on any atom is 0.182 e. The minimum absolute atomic E-state index is 0.121. The van der Waals surface area contributed by atoms with Crippen molar-refractivity contribution in [3.8, 4) is 16.9 Å². The van der Waals surface area contributed by atoms with E-state index in [4.69, 9.17) is 9.26 Å². The molecule has 2 heterocycles. The molecule has 21 heavy (non-hydrogen) atoms. The zero-order valence-corrected chi connectivity index (χ0v) is 13.5. The van der Waals surface area contributed by atoms with Gasteiger partial charge in [-0.2, -0.15) is 0 Å². The Labute approximate surface area is 128 Å². The summed E-state index contributed by atoms with van der Waals surface area (Å²) in [6.45, 7) is 8.80. The molecule has 0 saturated carbocycles. The van der Waals surface area contributed by atoms with Gasteiger partial charge in [0.25, 0.3) is 0 Å². The topological polar surface area (TPSA) is 47.6 Å². The first-order valence-electron chi connectivity index (χ1n) is 6.88. The van der Waals surface area contributed by atoms with E-state index < -0.39 is 0 Å². The molecule has 0 aliphatic carbocycles. The van der Waals surface area contributed by atoms with E-state index in [1.807, 2.05) is 31.3 Å². The molecule has 5 heteroatoms. The van der Waals surface area contributed by atoms with Crippen molar-refractivity contribution in [1.29, 1.82) is 0 Å². The summed E-state index contributed by atoms with van der Waals surface area (Å²) in [5, 5.41) is 4.01. The fourth-order valence-corrected chi connectivity index (χ4v) is 2.68. The first-order chi connectivity index (χ1) is 9.94. The van der Waals surface area contributed by atoms with Gasteiger partial charge in [0.15, 0.2) is 5.76 Å². The monoisotopic (exact) mass is 302 g/mol. The second-order valence-electron chi connectivity index (χ2n) is 6.05. The SMILES string of the molecule is Cc1noc2c1-c1ccc(/C=N/SC(C)(C)C)cc1OC2. The average molecular weight is 302 g/mol. The first-order valence-corrected chi connectivity index (χ1v) is 7.65. The summed E-state index contributed by atoms with van der Waals surface area (Å²) in [6.07, 6.45) is 1.87. The van der Waals surface area contributed by atoms with Crippen molar-refractivity contribution in [3.05, 3.63) is 35.2 Å². The minimum atomic E-state index is 0.121. The number of nitrogens with zero attached hydrogens (tertiary/aromatic N) is 2. The van der Waals surface area contributed by atoms with E-state index in [9.17, 15) is 0 Å². The molecule has 1 aromatic heterocycles. The van der Waals surface area contributed by atoms with E-state index in [1.165, 1.54) is 0 Å². The molecule has 0 spiro atoms. The van der Waals surface area contributed by atoms with Crippen LogP contribution in [0.5, 0.6) is 5.75 Å². The average Bonchev–Trinajstić information content (AvgIpc) is 2.79. The molecule has 0 radical (unpaired) electrons. The molecule has 3 rings (SSSR count). The molecule has 0 atom stereocenters. The fraction of sp³-hybridized carbons (Fsp3) is 0.375. The van der Waals surface area contributed by atoms with Gasteiger partial charge in [0.2, 0.25) is 0 Å². The van der Waals surface area contributed by atoms with Crippen molar-refractivity contribution >= 4 is 18.2 Å². The van der Waals surface area contributed by atoms with Crippen LogP contribution in [0.3, 0.4) is 0 Å². The predicted molar refractivity (Wildman–Crippen MR) is 85.9 cm³/mol. The second-order valence-corrected chi connectivity index (χ2v) is 7.67. The second kappa shape index (κ2) is 5.22. The van der Waals surface area contributed by atoms with Crippen LogP contribution in [0.2, 0.25) is 0 Å². The summed E-state index contributed by atoms with van der Waals surface area (Å²) in [7, 11) is 0.